The maximum absolute atomic E-state index is 5.74. The zero-order chi connectivity index (χ0) is 11.2. The van der Waals surface area contributed by atoms with Crippen molar-refractivity contribution in [3.05, 3.63) is 0 Å². The smallest absolute Gasteiger partial charge is 0.783 e. The van der Waals surface area contributed by atoms with Crippen LogP contribution in [0, 0.1) is 0 Å². The molecular weight excluding hydrogens is 234 g/mol. The molecule has 0 rings (SSSR count). The average Bonchev–Trinajstić information content (AvgIpc) is 2.03. The predicted molar refractivity (Wildman–Crippen MR) is 58.7 cm³/mol. The second-order valence-electron chi connectivity index (χ2n) is 3.84. The molecule has 0 bridgehead atoms. The van der Waals surface area contributed by atoms with Gasteiger partial charge < -0.3 is 29.8 Å². The summed E-state index contributed by atoms with van der Waals surface area (Å²) in [6, 6.07) is 0. The highest BCUT2D eigenvalue weighted by atomic mass is 35.5. The first-order valence-corrected chi connectivity index (χ1v) is 6.84. The molecule has 0 radical (unpaired) electrons. The molecule has 0 amide bonds. The summed E-state index contributed by atoms with van der Waals surface area (Å²) in [6.07, 6.45) is 0. The second kappa shape index (κ2) is 7.59. The summed E-state index contributed by atoms with van der Waals surface area (Å²) in [5, 5.41) is 0. The first-order chi connectivity index (χ1) is 6.43. The summed E-state index contributed by atoms with van der Waals surface area (Å²) in [5.74, 6) is 0. The van der Waals surface area contributed by atoms with E-state index >= 15 is 0 Å². The van der Waals surface area contributed by atoms with Crippen molar-refractivity contribution in [1.82, 2.24) is 0 Å². The van der Waals surface area contributed by atoms with Gasteiger partial charge in [0, 0.05) is 19.8 Å². The molecule has 0 heterocycles. The standard InChI is InChI=1S/C9H24NO3Si.ClH/c1-7-11-14(12-8-2,13-9-3)10(4,5)6;/h7-9H2,1-6H3;1H/q+1;/p-1. The fourth-order valence-corrected chi connectivity index (χ4v) is 3.76. The van der Waals surface area contributed by atoms with E-state index in [1.165, 1.54) is 0 Å². The van der Waals surface area contributed by atoms with E-state index in [1.54, 1.807) is 0 Å². The summed E-state index contributed by atoms with van der Waals surface area (Å²) < 4.78 is 17.8. The van der Waals surface area contributed by atoms with Crippen LogP contribution in [0.25, 0.3) is 0 Å². The molecule has 0 aliphatic carbocycles. The van der Waals surface area contributed by atoms with Crippen LogP contribution in [0.2, 0.25) is 0 Å². The fourth-order valence-electron chi connectivity index (χ4n) is 1.25. The molecule has 0 aromatic rings. The topological polar surface area (TPSA) is 27.7 Å². The van der Waals surface area contributed by atoms with Gasteiger partial charge in [-0.2, -0.15) is 0 Å². The summed E-state index contributed by atoms with van der Waals surface area (Å²) >= 11 is 0. The van der Waals surface area contributed by atoms with Gasteiger partial charge in [-0.05, 0) is 20.8 Å². The monoisotopic (exact) mass is 257 g/mol. The van der Waals surface area contributed by atoms with E-state index in [0.29, 0.717) is 24.0 Å². The van der Waals surface area contributed by atoms with Crippen molar-refractivity contribution >= 4 is 8.97 Å². The van der Waals surface area contributed by atoms with Gasteiger partial charge in [0.25, 0.3) is 0 Å². The lowest BCUT2D eigenvalue weighted by molar-refractivity contribution is -0.798. The Morgan fingerprint density at radius 2 is 1.07 bits per heavy atom. The van der Waals surface area contributed by atoms with Gasteiger partial charge >= 0.3 is 8.97 Å². The van der Waals surface area contributed by atoms with E-state index in [-0.39, 0.29) is 12.4 Å². The Hall–Kier alpha value is 0.347. The molecule has 94 valence electrons. The number of hydrogen-bond acceptors (Lipinski definition) is 3. The van der Waals surface area contributed by atoms with Gasteiger partial charge in [-0.15, -0.1) is 0 Å². The summed E-state index contributed by atoms with van der Waals surface area (Å²) in [6.45, 7) is 7.78. The maximum Gasteiger partial charge on any atom is 0.783 e. The van der Waals surface area contributed by atoms with Crippen molar-refractivity contribution in [3.63, 3.8) is 0 Å². The van der Waals surface area contributed by atoms with E-state index in [9.17, 15) is 0 Å². The number of halogens is 1. The van der Waals surface area contributed by atoms with Crippen LogP contribution in [0.4, 0.5) is 0 Å². The molecule has 0 fully saturated rings. The van der Waals surface area contributed by atoms with Crippen LogP contribution in [0.15, 0.2) is 0 Å². The van der Waals surface area contributed by atoms with E-state index in [4.69, 9.17) is 13.3 Å². The Labute approximate surface area is 101 Å². The molecule has 0 N–H and O–H groups in total. The number of quaternary nitrogens is 1. The van der Waals surface area contributed by atoms with E-state index in [1.807, 2.05) is 41.9 Å². The van der Waals surface area contributed by atoms with Gasteiger partial charge in [-0.1, -0.05) is 0 Å². The van der Waals surface area contributed by atoms with Crippen LogP contribution in [-0.2, 0) is 13.3 Å². The van der Waals surface area contributed by atoms with E-state index in [2.05, 4.69) is 0 Å². The van der Waals surface area contributed by atoms with E-state index < -0.39 is 8.97 Å². The van der Waals surface area contributed by atoms with Gasteiger partial charge in [0.15, 0.2) is 0 Å². The molecular formula is C9H24ClNO3Si. The second-order valence-corrected chi connectivity index (χ2v) is 7.09. The lowest BCUT2D eigenvalue weighted by Crippen LogP contribution is -3.00. The van der Waals surface area contributed by atoms with Crippen molar-refractivity contribution in [2.75, 3.05) is 41.0 Å². The van der Waals surface area contributed by atoms with Crippen molar-refractivity contribution in [3.8, 4) is 0 Å². The molecule has 0 atom stereocenters. The SMILES string of the molecule is CCO[Si](OCC)(OCC)[N+](C)(C)C.[Cl-]. The minimum atomic E-state index is -2.56. The van der Waals surface area contributed by atoms with Crippen LogP contribution < -0.4 is 12.4 Å². The first-order valence-electron chi connectivity index (χ1n) is 5.16. The fraction of sp³-hybridized carbons (Fsp3) is 1.00. The van der Waals surface area contributed by atoms with Crippen molar-refractivity contribution in [2.24, 2.45) is 0 Å². The molecule has 0 saturated carbocycles. The van der Waals surface area contributed by atoms with Crippen LogP contribution in [0.1, 0.15) is 20.8 Å². The Bertz CT molecular complexity index is 147. The first kappa shape index (κ1) is 17.7. The third kappa shape index (κ3) is 4.80. The van der Waals surface area contributed by atoms with Crippen LogP contribution in [0.5, 0.6) is 0 Å². The molecule has 4 nitrogen and oxygen atoms in total. The van der Waals surface area contributed by atoms with Gasteiger partial charge in [-0.25, -0.2) is 0 Å². The molecule has 0 saturated heterocycles. The number of nitrogens with zero attached hydrogens (tertiary/aromatic N) is 1. The average molecular weight is 258 g/mol. The Balaban J connectivity index is 0. The summed E-state index contributed by atoms with van der Waals surface area (Å²) in [5.41, 5.74) is 0. The largest absolute Gasteiger partial charge is 1.00 e. The number of rotatable bonds is 7. The lowest BCUT2D eigenvalue weighted by atomic mass is 10.9. The third-order valence-electron chi connectivity index (χ3n) is 1.80. The van der Waals surface area contributed by atoms with Gasteiger partial charge in [0.1, 0.15) is 0 Å². The van der Waals surface area contributed by atoms with Crippen molar-refractivity contribution in [2.45, 2.75) is 20.8 Å². The molecule has 0 spiro atoms. The highest BCUT2D eigenvalue weighted by Gasteiger charge is 2.59. The Morgan fingerprint density at radius 1 is 0.800 bits per heavy atom. The minimum absolute atomic E-state index is 0. The minimum Gasteiger partial charge on any atom is -1.00 e. The lowest BCUT2D eigenvalue weighted by Gasteiger charge is -2.37. The van der Waals surface area contributed by atoms with Gasteiger partial charge in [-0.3, -0.25) is 0 Å². The maximum atomic E-state index is 5.74. The number of hydrogen-bond donors (Lipinski definition) is 0. The molecule has 0 aliphatic rings. The molecule has 0 aromatic carbocycles. The normalized spacial score (nSPS) is 12.4. The van der Waals surface area contributed by atoms with Gasteiger partial charge in [0.05, 0.1) is 21.1 Å². The third-order valence-corrected chi connectivity index (χ3v) is 5.41. The summed E-state index contributed by atoms with van der Waals surface area (Å²) in [7, 11) is 3.59. The van der Waals surface area contributed by atoms with Gasteiger partial charge in [0.2, 0.25) is 0 Å². The zero-order valence-electron chi connectivity index (χ0n) is 10.7. The van der Waals surface area contributed by atoms with Crippen LogP contribution in [-0.4, -0.2) is 54.1 Å². The molecule has 15 heavy (non-hydrogen) atoms. The Morgan fingerprint density at radius 3 is 1.20 bits per heavy atom. The van der Waals surface area contributed by atoms with E-state index in [0.717, 1.165) is 0 Å². The van der Waals surface area contributed by atoms with Crippen LogP contribution in [0.3, 0.4) is 0 Å². The predicted octanol–water partition coefficient (Wildman–Crippen LogP) is -1.76. The molecule has 0 unspecified atom stereocenters. The molecule has 6 heteroatoms. The summed E-state index contributed by atoms with van der Waals surface area (Å²) in [4.78, 5) is 0. The molecule has 0 aliphatic heterocycles. The Kier molecular flexibility index (Phi) is 8.98. The highest BCUT2D eigenvalue weighted by molar-refractivity contribution is 6.52. The highest BCUT2D eigenvalue weighted by Crippen LogP contribution is 2.18. The molecule has 0 aromatic heterocycles. The van der Waals surface area contributed by atoms with Crippen LogP contribution >= 0.6 is 0 Å². The van der Waals surface area contributed by atoms with Crippen molar-refractivity contribution < 1.29 is 29.8 Å². The zero-order valence-corrected chi connectivity index (χ0v) is 12.4. The van der Waals surface area contributed by atoms with Crippen molar-refractivity contribution in [1.29, 1.82) is 0 Å². The quantitative estimate of drug-likeness (QED) is 0.506.